The summed E-state index contributed by atoms with van der Waals surface area (Å²) in [6.07, 6.45) is 0. The van der Waals surface area contributed by atoms with E-state index in [1.54, 1.807) is 0 Å². The zero-order valence-electron chi connectivity index (χ0n) is 11.2. The van der Waals surface area contributed by atoms with Gasteiger partial charge in [0.25, 0.3) is 0 Å². The molecule has 2 aromatic rings. The Morgan fingerprint density at radius 2 is 1.83 bits per heavy atom. The molecule has 0 bridgehead atoms. The van der Waals surface area contributed by atoms with Gasteiger partial charge in [-0.05, 0) is 61.1 Å². The molecular formula is C14H18IN3. The van der Waals surface area contributed by atoms with Crippen LogP contribution in [-0.4, -0.2) is 9.78 Å². The first-order valence-electron chi connectivity index (χ1n) is 6.01. The van der Waals surface area contributed by atoms with Crippen LogP contribution >= 0.6 is 22.6 Å². The lowest BCUT2D eigenvalue weighted by Crippen LogP contribution is -2.08. The molecule has 0 aliphatic carbocycles. The largest absolute Gasteiger partial charge is 0.376 e. The van der Waals surface area contributed by atoms with Crippen LogP contribution in [0.1, 0.15) is 29.9 Å². The molecule has 1 unspecified atom stereocenters. The highest BCUT2D eigenvalue weighted by Crippen LogP contribution is 2.25. The smallest absolute Gasteiger partial charge is 0.0828 e. The number of aromatic nitrogens is 2. The molecule has 0 spiro atoms. The Morgan fingerprint density at radius 1 is 1.22 bits per heavy atom. The van der Waals surface area contributed by atoms with Crippen molar-refractivity contribution < 1.29 is 0 Å². The molecule has 2 rings (SSSR count). The first kappa shape index (κ1) is 13.4. The van der Waals surface area contributed by atoms with Gasteiger partial charge in [-0.1, -0.05) is 12.1 Å². The first-order chi connectivity index (χ1) is 8.49. The second-order valence-electron chi connectivity index (χ2n) is 4.59. The lowest BCUT2D eigenvalue weighted by Gasteiger charge is -2.16. The Hall–Kier alpha value is -1.04. The van der Waals surface area contributed by atoms with Crippen molar-refractivity contribution in [2.75, 3.05) is 5.32 Å². The van der Waals surface area contributed by atoms with E-state index in [9.17, 15) is 0 Å². The molecule has 1 heterocycles. The van der Waals surface area contributed by atoms with Gasteiger partial charge in [-0.3, -0.25) is 4.68 Å². The van der Waals surface area contributed by atoms with Gasteiger partial charge in [-0.15, -0.1) is 0 Å². The molecule has 0 aliphatic rings. The Bertz CT molecular complexity index is 543. The molecule has 1 atom stereocenters. The topological polar surface area (TPSA) is 29.9 Å². The van der Waals surface area contributed by atoms with Crippen molar-refractivity contribution in [2.24, 2.45) is 7.05 Å². The molecule has 0 aliphatic heterocycles. The standard InChI is InChI=1S/C14H18IN3/c1-9(12-5-7-13(15)8-6-12)16-14-10(2)17-18(4)11(14)3/h5-9,16H,1-4H3. The van der Waals surface area contributed by atoms with Gasteiger partial charge in [0.15, 0.2) is 0 Å². The SMILES string of the molecule is Cc1nn(C)c(C)c1NC(C)c1ccc(I)cc1. The average Bonchev–Trinajstić information content (AvgIpc) is 2.57. The normalized spacial score (nSPS) is 12.5. The summed E-state index contributed by atoms with van der Waals surface area (Å²) in [4.78, 5) is 0. The molecule has 4 heteroatoms. The fourth-order valence-electron chi connectivity index (χ4n) is 2.03. The molecule has 96 valence electrons. The zero-order chi connectivity index (χ0) is 13.3. The predicted octanol–water partition coefficient (Wildman–Crippen LogP) is 3.81. The summed E-state index contributed by atoms with van der Waals surface area (Å²) in [5.74, 6) is 0. The highest BCUT2D eigenvalue weighted by Gasteiger charge is 2.12. The minimum Gasteiger partial charge on any atom is -0.376 e. The molecule has 3 nitrogen and oxygen atoms in total. The second-order valence-corrected chi connectivity index (χ2v) is 5.83. The van der Waals surface area contributed by atoms with Crippen molar-refractivity contribution in [3.8, 4) is 0 Å². The lowest BCUT2D eigenvalue weighted by molar-refractivity contribution is 0.731. The fourth-order valence-corrected chi connectivity index (χ4v) is 2.39. The van der Waals surface area contributed by atoms with Crippen LogP contribution in [0.5, 0.6) is 0 Å². The number of hydrogen-bond donors (Lipinski definition) is 1. The highest BCUT2D eigenvalue weighted by molar-refractivity contribution is 14.1. The molecule has 0 fully saturated rings. The number of benzene rings is 1. The van der Waals surface area contributed by atoms with Gasteiger partial charge in [-0.25, -0.2) is 0 Å². The van der Waals surface area contributed by atoms with E-state index in [2.05, 4.69) is 71.1 Å². The van der Waals surface area contributed by atoms with Crippen LogP contribution in [-0.2, 0) is 7.05 Å². The van der Waals surface area contributed by atoms with Crippen LogP contribution in [0.15, 0.2) is 24.3 Å². The van der Waals surface area contributed by atoms with Crippen LogP contribution < -0.4 is 5.32 Å². The number of rotatable bonds is 3. The monoisotopic (exact) mass is 355 g/mol. The minimum atomic E-state index is 0.281. The highest BCUT2D eigenvalue weighted by atomic mass is 127. The van der Waals surface area contributed by atoms with Crippen LogP contribution in [0.3, 0.4) is 0 Å². The van der Waals surface area contributed by atoms with Gasteiger partial charge in [0.2, 0.25) is 0 Å². The zero-order valence-corrected chi connectivity index (χ0v) is 13.3. The summed E-state index contributed by atoms with van der Waals surface area (Å²) in [5.41, 5.74) is 4.65. The van der Waals surface area contributed by atoms with Gasteiger partial charge >= 0.3 is 0 Å². The van der Waals surface area contributed by atoms with E-state index >= 15 is 0 Å². The van der Waals surface area contributed by atoms with E-state index in [4.69, 9.17) is 0 Å². The Morgan fingerprint density at radius 3 is 2.33 bits per heavy atom. The van der Waals surface area contributed by atoms with Gasteiger partial charge in [-0.2, -0.15) is 5.10 Å². The van der Waals surface area contributed by atoms with E-state index in [1.165, 1.54) is 14.8 Å². The number of aryl methyl sites for hydroxylation is 2. The quantitative estimate of drug-likeness (QED) is 0.849. The summed E-state index contributed by atoms with van der Waals surface area (Å²) in [7, 11) is 1.98. The average molecular weight is 355 g/mol. The summed E-state index contributed by atoms with van der Waals surface area (Å²) in [5, 5.41) is 7.97. The first-order valence-corrected chi connectivity index (χ1v) is 7.09. The number of anilines is 1. The second kappa shape index (κ2) is 5.30. The van der Waals surface area contributed by atoms with E-state index < -0.39 is 0 Å². The van der Waals surface area contributed by atoms with Crippen LogP contribution in [0.25, 0.3) is 0 Å². The molecule has 1 aromatic carbocycles. The van der Waals surface area contributed by atoms with Crippen molar-refractivity contribution in [2.45, 2.75) is 26.8 Å². The molecule has 1 N–H and O–H groups in total. The van der Waals surface area contributed by atoms with Gasteiger partial charge < -0.3 is 5.32 Å². The Balaban J connectivity index is 2.21. The maximum atomic E-state index is 4.42. The third-order valence-electron chi connectivity index (χ3n) is 3.24. The number of nitrogens with one attached hydrogen (secondary N) is 1. The molecular weight excluding hydrogens is 337 g/mol. The molecule has 1 aromatic heterocycles. The predicted molar refractivity (Wildman–Crippen MR) is 83.9 cm³/mol. The minimum absolute atomic E-state index is 0.281. The number of halogens is 1. The van der Waals surface area contributed by atoms with E-state index in [1.807, 2.05) is 18.7 Å². The summed E-state index contributed by atoms with van der Waals surface area (Å²) < 4.78 is 3.18. The number of nitrogens with zero attached hydrogens (tertiary/aromatic N) is 2. The van der Waals surface area contributed by atoms with Crippen molar-refractivity contribution in [1.82, 2.24) is 9.78 Å². The lowest BCUT2D eigenvalue weighted by atomic mass is 10.1. The Labute approximate surface area is 122 Å². The van der Waals surface area contributed by atoms with Gasteiger partial charge in [0.1, 0.15) is 0 Å². The third-order valence-corrected chi connectivity index (χ3v) is 3.96. The molecule has 0 saturated carbocycles. The third kappa shape index (κ3) is 2.68. The molecule has 18 heavy (non-hydrogen) atoms. The van der Waals surface area contributed by atoms with Crippen LogP contribution in [0.4, 0.5) is 5.69 Å². The molecule has 0 saturated heterocycles. The fraction of sp³-hybridized carbons (Fsp3) is 0.357. The summed E-state index contributed by atoms with van der Waals surface area (Å²) >= 11 is 2.32. The van der Waals surface area contributed by atoms with Crippen LogP contribution in [0.2, 0.25) is 0 Å². The van der Waals surface area contributed by atoms with E-state index in [-0.39, 0.29) is 6.04 Å². The van der Waals surface area contributed by atoms with Crippen LogP contribution in [0, 0.1) is 17.4 Å². The maximum Gasteiger partial charge on any atom is 0.0828 e. The Kier molecular flexibility index (Phi) is 3.94. The summed E-state index contributed by atoms with van der Waals surface area (Å²) in [6.45, 7) is 6.30. The van der Waals surface area contributed by atoms with Gasteiger partial charge in [0, 0.05) is 16.7 Å². The number of hydrogen-bond acceptors (Lipinski definition) is 2. The van der Waals surface area contributed by atoms with Crippen molar-refractivity contribution in [3.05, 3.63) is 44.8 Å². The van der Waals surface area contributed by atoms with Crippen molar-refractivity contribution in [3.63, 3.8) is 0 Å². The maximum absolute atomic E-state index is 4.42. The molecule has 0 amide bonds. The van der Waals surface area contributed by atoms with E-state index in [0.29, 0.717) is 0 Å². The summed E-state index contributed by atoms with van der Waals surface area (Å²) in [6, 6.07) is 8.89. The molecule has 0 radical (unpaired) electrons. The van der Waals surface area contributed by atoms with Crippen molar-refractivity contribution >= 4 is 28.3 Å². The van der Waals surface area contributed by atoms with Crippen molar-refractivity contribution in [1.29, 1.82) is 0 Å². The van der Waals surface area contributed by atoms with Gasteiger partial charge in [0.05, 0.1) is 17.1 Å². The van der Waals surface area contributed by atoms with E-state index in [0.717, 1.165) is 11.4 Å².